The van der Waals surface area contributed by atoms with Gasteiger partial charge in [0.15, 0.2) is 0 Å². The summed E-state index contributed by atoms with van der Waals surface area (Å²) >= 11 is 3.97. The van der Waals surface area contributed by atoms with E-state index in [0.717, 1.165) is 10.9 Å². The van der Waals surface area contributed by atoms with Crippen LogP contribution in [-0.4, -0.2) is 74.8 Å². The van der Waals surface area contributed by atoms with E-state index < -0.39 is 60.2 Å². The lowest BCUT2D eigenvalue weighted by atomic mass is 10.0. The van der Waals surface area contributed by atoms with Gasteiger partial charge in [-0.2, -0.15) is 12.6 Å². The van der Waals surface area contributed by atoms with Crippen molar-refractivity contribution in [1.82, 2.24) is 20.9 Å². The predicted octanol–water partition coefficient (Wildman–Crippen LogP) is 0.224. The van der Waals surface area contributed by atoms with E-state index >= 15 is 0 Å². The van der Waals surface area contributed by atoms with Gasteiger partial charge in [0.2, 0.25) is 17.7 Å². The SMILES string of the molecule is NC(CC(=O)O)C(=O)NC(Cc1c[nH]c2ccccc12)C(=O)NC(Cc1ccccc1)C(=O)NC(CS)C(=O)O. The van der Waals surface area contributed by atoms with Gasteiger partial charge in [0.1, 0.15) is 18.1 Å². The average Bonchev–Trinajstić information content (AvgIpc) is 3.33. The van der Waals surface area contributed by atoms with Crippen LogP contribution in [0.1, 0.15) is 17.5 Å². The molecular weight excluding hydrogens is 538 g/mol. The number of hydrogen-bond acceptors (Lipinski definition) is 7. The Balaban J connectivity index is 1.88. The highest BCUT2D eigenvalue weighted by Crippen LogP contribution is 2.19. The van der Waals surface area contributed by atoms with Gasteiger partial charge in [-0.05, 0) is 17.2 Å². The highest BCUT2D eigenvalue weighted by Gasteiger charge is 2.31. The highest BCUT2D eigenvalue weighted by atomic mass is 32.1. The zero-order chi connectivity index (χ0) is 29.2. The number of aromatic amines is 1. The Bertz CT molecular complexity index is 1360. The molecule has 1 heterocycles. The van der Waals surface area contributed by atoms with Gasteiger partial charge in [0, 0.05) is 35.7 Å². The minimum atomic E-state index is -1.41. The smallest absolute Gasteiger partial charge is 0.327 e. The summed E-state index contributed by atoms with van der Waals surface area (Å²) in [4.78, 5) is 65.0. The van der Waals surface area contributed by atoms with Crippen molar-refractivity contribution in [2.75, 3.05) is 5.75 Å². The number of thiol groups is 1. The average molecular weight is 570 g/mol. The number of rotatable bonds is 14. The quantitative estimate of drug-likeness (QED) is 0.126. The summed E-state index contributed by atoms with van der Waals surface area (Å²) in [6, 6.07) is 11.0. The topological polar surface area (TPSA) is 204 Å². The molecule has 0 spiro atoms. The minimum absolute atomic E-state index is 0.00452. The minimum Gasteiger partial charge on any atom is -0.481 e. The lowest BCUT2D eigenvalue weighted by molar-refractivity contribution is -0.141. The van der Waals surface area contributed by atoms with Gasteiger partial charge in [-0.25, -0.2) is 4.79 Å². The molecule has 0 bridgehead atoms. The molecule has 0 aliphatic carbocycles. The van der Waals surface area contributed by atoms with E-state index in [9.17, 15) is 29.1 Å². The fourth-order valence-corrected chi connectivity index (χ4v) is 4.33. The fraction of sp³-hybridized carbons (Fsp3) is 0.296. The van der Waals surface area contributed by atoms with Gasteiger partial charge in [-0.1, -0.05) is 48.5 Å². The largest absolute Gasteiger partial charge is 0.481 e. The number of hydrogen-bond donors (Lipinski definition) is 8. The molecule has 0 aliphatic rings. The molecule has 3 aromatic rings. The normalized spacial score (nSPS) is 13.9. The van der Waals surface area contributed by atoms with Crippen LogP contribution in [0.5, 0.6) is 0 Å². The number of carboxylic acids is 2. The molecule has 0 saturated carbocycles. The zero-order valence-electron chi connectivity index (χ0n) is 21.4. The Morgan fingerprint density at radius 1 is 0.800 bits per heavy atom. The van der Waals surface area contributed by atoms with Crippen LogP contribution in [0.2, 0.25) is 0 Å². The second kappa shape index (κ2) is 14.1. The molecule has 0 fully saturated rings. The van der Waals surface area contributed by atoms with Crippen molar-refractivity contribution in [3.8, 4) is 0 Å². The Labute approximate surface area is 235 Å². The van der Waals surface area contributed by atoms with E-state index in [1.165, 1.54) is 0 Å². The van der Waals surface area contributed by atoms with E-state index in [1.54, 1.807) is 36.5 Å². The number of fused-ring (bicyclic) bond motifs is 1. The number of nitrogens with one attached hydrogen (secondary N) is 4. The number of benzene rings is 2. The van der Waals surface area contributed by atoms with Gasteiger partial charge in [0.05, 0.1) is 12.5 Å². The standard InChI is InChI=1S/C27H31N5O7S/c28-18(12-23(33)34)24(35)30-21(11-16-13-29-19-9-5-4-8-17(16)19)26(37)31-20(10-15-6-2-1-3-7-15)25(36)32-22(14-40)27(38)39/h1-9,13,18,20-22,29,40H,10-12,14,28H2,(H,30,35)(H,31,37)(H,32,36)(H,33,34)(H,38,39). The Morgan fingerprint density at radius 3 is 2.00 bits per heavy atom. The molecule has 3 amide bonds. The number of carbonyl (C=O) groups is 5. The molecular formula is C27H31N5O7S. The number of H-pyrrole nitrogens is 1. The molecule has 0 aliphatic heterocycles. The van der Waals surface area contributed by atoms with Crippen LogP contribution in [0.15, 0.2) is 60.8 Å². The molecule has 12 nitrogen and oxygen atoms in total. The van der Waals surface area contributed by atoms with E-state index in [2.05, 4.69) is 33.6 Å². The van der Waals surface area contributed by atoms with Crippen LogP contribution in [0.25, 0.3) is 10.9 Å². The van der Waals surface area contributed by atoms with Crippen LogP contribution >= 0.6 is 12.6 Å². The number of amides is 3. The maximum Gasteiger partial charge on any atom is 0.327 e. The number of carboxylic acid groups (broad SMARTS) is 2. The van der Waals surface area contributed by atoms with Crippen LogP contribution in [0.3, 0.4) is 0 Å². The monoisotopic (exact) mass is 569 g/mol. The van der Waals surface area contributed by atoms with E-state index in [-0.39, 0.29) is 18.6 Å². The van der Waals surface area contributed by atoms with Gasteiger partial charge in [0.25, 0.3) is 0 Å². The second-order valence-corrected chi connectivity index (χ2v) is 9.53. The third-order valence-electron chi connectivity index (χ3n) is 6.18. The molecule has 2 aromatic carbocycles. The molecule has 4 unspecified atom stereocenters. The van der Waals surface area contributed by atoms with Gasteiger partial charge in [-0.3, -0.25) is 19.2 Å². The summed E-state index contributed by atoms with van der Waals surface area (Å²) in [5.41, 5.74) is 7.91. The van der Waals surface area contributed by atoms with Crippen LogP contribution < -0.4 is 21.7 Å². The van der Waals surface area contributed by atoms with Crippen LogP contribution in [0.4, 0.5) is 0 Å². The lowest BCUT2D eigenvalue weighted by Gasteiger charge is -2.25. The predicted molar refractivity (Wildman–Crippen MR) is 150 cm³/mol. The van der Waals surface area contributed by atoms with Crippen molar-refractivity contribution in [3.05, 3.63) is 71.9 Å². The maximum absolute atomic E-state index is 13.6. The molecule has 0 saturated heterocycles. The molecule has 40 heavy (non-hydrogen) atoms. The van der Waals surface area contributed by atoms with Crippen molar-refractivity contribution in [1.29, 1.82) is 0 Å². The summed E-state index contributed by atoms with van der Waals surface area (Å²) in [5.74, 6) is -5.09. The van der Waals surface area contributed by atoms with Crippen molar-refractivity contribution in [2.24, 2.45) is 5.73 Å². The molecule has 0 radical (unpaired) electrons. The van der Waals surface area contributed by atoms with Crippen molar-refractivity contribution in [3.63, 3.8) is 0 Å². The van der Waals surface area contributed by atoms with Crippen LogP contribution in [0, 0.1) is 0 Å². The molecule has 212 valence electrons. The fourth-order valence-electron chi connectivity index (χ4n) is 4.08. The molecule has 8 N–H and O–H groups in total. The zero-order valence-corrected chi connectivity index (χ0v) is 22.3. The second-order valence-electron chi connectivity index (χ2n) is 9.16. The number of aromatic nitrogens is 1. The number of aliphatic carboxylic acids is 2. The first-order valence-electron chi connectivity index (χ1n) is 12.4. The maximum atomic E-state index is 13.6. The summed E-state index contributed by atoms with van der Waals surface area (Å²) in [6.45, 7) is 0. The van der Waals surface area contributed by atoms with Gasteiger partial charge >= 0.3 is 11.9 Å². The van der Waals surface area contributed by atoms with Gasteiger partial charge < -0.3 is 36.9 Å². The number of carbonyl (C=O) groups excluding carboxylic acids is 3. The van der Waals surface area contributed by atoms with E-state index in [0.29, 0.717) is 11.1 Å². The Kier molecular flexibility index (Phi) is 10.7. The lowest BCUT2D eigenvalue weighted by Crippen LogP contribution is -2.58. The van der Waals surface area contributed by atoms with Crippen LogP contribution in [-0.2, 0) is 36.8 Å². The van der Waals surface area contributed by atoms with Crippen molar-refractivity contribution in [2.45, 2.75) is 43.4 Å². The molecule has 3 rings (SSSR count). The first-order chi connectivity index (χ1) is 19.1. The summed E-state index contributed by atoms with van der Waals surface area (Å²) < 4.78 is 0. The summed E-state index contributed by atoms with van der Waals surface area (Å²) in [6.07, 6.45) is 1.07. The first kappa shape index (κ1) is 30.2. The molecule has 1 aromatic heterocycles. The van der Waals surface area contributed by atoms with Gasteiger partial charge in [-0.15, -0.1) is 0 Å². The van der Waals surface area contributed by atoms with E-state index in [4.69, 9.17) is 10.8 Å². The summed E-state index contributed by atoms with van der Waals surface area (Å²) in [7, 11) is 0. The number of nitrogens with two attached hydrogens (primary N) is 1. The molecule has 13 heteroatoms. The van der Waals surface area contributed by atoms with Crippen molar-refractivity contribution >= 4 is 53.2 Å². The first-order valence-corrected chi connectivity index (χ1v) is 13.0. The third kappa shape index (κ3) is 8.32. The number of para-hydroxylation sites is 1. The Morgan fingerprint density at radius 2 is 1.38 bits per heavy atom. The molecule has 4 atom stereocenters. The van der Waals surface area contributed by atoms with E-state index in [1.807, 2.05) is 24.3 Å². The third-order valence-corrected chi connectivity index (χ3v) is 6.54. The highest BCUT2D eigenvalue weighted by molar-refractivity contribution is 7.80. The Hall–Kier alpha value is -4.36. The van der Waals surface area contributed by atoms with Crippen molar-refractivity contribution < 1.29 is 34.2 Å². The summed E-state index contributed by atoms with van der Waals surface area (Å²) in [5, 5.41) is 26.7.